The minimum atomic E-state index is 0.621. The van der Waals surface area contributed by atoms with Gasteiger partial charge >= 0.3 is 0 Å². The molecule has 10 aromatic rings. The first-order valence-corrected chi connectivity index (χ1v) is 18.4. The molecule has 258 valence electrons. The molecule has 0 aliphatic heterocycles. The summed E-state index contributed by atoms with van der Waals surface area (Å²) < 4.78 is 6.46. The molecule has 0 aliphatic rings. The molecule has 0 aliphatic carbocycles. The summed E-state index contributed by atoms with van der Waals surface area (Å²) >= 11 is 0. The summed E-state index contributed by atoms with van der Waals surface area (Å²) in [4.78, 5) is 14.9. The predicted octanol–water partition coefficient (Wildman–Crippen LogP) is 13.4. The molecule has 0 saturated carbocycles. The van der Waals surface area contributed by atoms with Crippen LogP contribution in [0, 0.1) is 0 Å². The van der Waals surface area contributed by atoms with Gasteiger partial charge in [-0.25, -0.2) is 15.0 Å². The largest absolute Gasteiger partial charge is 0.456 e. The summed E-state index contributed by atoms with van der Waals surface area (Å²) in [5.41, 5.74) is 13.7. The first-order chi connectivity index (χ1) is 27.2. The van der Waals surface area contributed by atoms with Crippen LogP contribution in [0.25, 0.3) is 101 Å². The number of rotatable bonds is 7. The third-order valence-electron chi connectivity index (χ3n) is 10.1. The molecular formula is C51H33N3O. The van der Waals surface area contributed by atoms with Crippen LogP contribution in [0.4, 0.5) is 0 Å². The Morgan fingerprint density at radius 1 is 0.273 bits per heavy atom. The molecule has 4 heteroatoms. The monoisotopic (exact) mass is 703 g/mol. The molecule has 0 atom stereocenters. The molecule has 2 aromatic heterocycles. The molecule has 2 heterocycles. The van der Waals surface area contributed by atoms with E-state index in [1.807, 2.05) is 72.8 Å². The van der Waals surface area contributed by atoms with Gasteiger partial charge in [0.25, 0.3) is 0 Å². The maximum absolute atomic E-state index is 6.46. The Morgan fingerprint density at radius 3 is 1.33 bits per heavy atom. The van der Waals surface area contributed by atoms with E-state index in [1.165, 1.54) is 22.3 Å². The molecule has 0 radical (unpaired) electrons. The summed E-state index contributed by atoms with van der Waals surface area (Å²) in [7, 11) is 0. The van der Waals surface area contributed by atoms with Crippen molar-refractivity contribution in [1.82, 2.24) is 15.0 Å². The Bertz CT molecular complexity index is 2900. The van der Waals surface area contributed by atoms with Crippen molar-refractivity contribution in [2.75, 3.05) is 0 Å². The Balaban J connectivity index is 1.04. The summed E-state index contributed by atoms with van der Waals surface area (Å²) in [6.45, 7) is 0. The van der Waals surface area contributed by atoms with Gasteiger partial charge in [0.15, 0.2) is 17.5 Å². The number of benzene rings is 8. The zero-order valence-corrected chi connectivity index (χ0v) is 29.8. The molecule has 8 aromatic carbocycles. The second-order valence-electron chi connectivity index (χ2n) is 13.6. The summed E-state index contributed by atoms with van der Waals surface area (Å²) in [6, 6.07) is 69.4. The first-order valence-electron chi connectivity index (χ1n) is 18.4. The average molecular weight is 704 g/mol. The zero-order valence-electron chi connectivity index (χ0n) is 29.8. The van der Waals surface area contributed by atoms with Crippen molar-refractivity contribution in [2.24, 2.45) is 0 Å². The molecule has 4 nitrogen and oxygen atoms in total. The van der Waals surface area contributed by atoms with Gasteiger partial charge in [0.05, 0.1) is 0 Å². The lowest BCUT2D eigenvalue weighted by atomic mass is 9.95. The molecule has 0 amide bonds. The van der Waals surface area contributed by atoms with Crippen LogP contribution in [-0.2, 0) is 0 Å². The second-order valence-corrected chi connectivity index (χ2v) is 13.6. The predicted molar refractivity (Wildman–Crippen MR) is 225 cm³/mol. The third-order valence-corrected chi connectivity index (χ3v) is 10.1. The second kappa shape index (κ2) is 13.8. The van der Waals surface area contributed by atoms with Crippen molar-refractivity contribution in [3.8, 4) is 78.7 Å². The fourth-order valence-electron chi connectivity index (χ4n) is 7.37. The minimum Gasteiger partial charge on any atom is -0.456 e. The molecule has 0 saturated heterocycles. The van der Waals surface area contributed by atoms with E-state index in [2.05, 4.69) is 127 Å². The molecule has 0 spiro atoms. The van der Waals surface area contributed by atoms with Gasteiger partial charge in [-0.3, -0.25) is 0 Å². The van der Waals surface area contributed by atoms with Gasteiger partial charge in [-0.2, -0.15) is 0 Å². The first kappa shape index (κ1) is 32.2. The topological polar surface area (TPSA) is 51.8 Å². The van der Waals surface area contributed by atoms with Crippen LogP contribution in [-0.4, -0.2) is 15.0 Å². The van der Waals surface area contributed by atoms with Crippen LogP contribution in [0.15, 0.2) is 205 Å². The molecule has 0 bridgehead atoms. The quantitative estimate of drug-likeness (QED) is 0.166. The van der Waals surface area contributed by atoms with E-state index in [9.17, 15) is 0 Å². The third kappa shape index (κ3) is 6.26. The van der Waals surface area contributed by atoms with E-state index < -0.39 is 0 Å². The number of fused-ring (bicyclic) bond motifs is 3. The van der Waals surface area contributed by atoms with Crippen LogP contribution in [0.3, 0.4) is 0 Å². The minimum absolute atomic E-state index is 0.621. The lowest BCUT2D eigenvalue weighted by Crippen LogP contribution is -2.00. The summed E-state index contributed by atoms with van der Waals surface area (Å²) in [5.74, 6) is 1.90. The highest BCUT2D eigenvalue weighted by molar-refractivity contribution is 6.13. The Kier molecular flexibility index (Phi) is 8.12. The zero-order chi connectivity index (χ0) is 36.6. The fourth-order valence-corrected chi connectivity index (χ4v) is 7.37. The van der Waals surface area contributed by atoms with Crippen LogP contribution < -0.4 is 0 Å². The van der Waals surface area contributed by atoms with Crippen LogP contribution in [0.1, 0.15) is 0 Å². The standard InChI is InChI=1S/C51H33N3O/c1-4-13-34(14-5-1)35-25-27-36(28-26-35)39-19-10-20-40(31-39)41-29-30-46-45(33-41)48-44(23-12-24-47(48)55-46)42-21-11-22-43(32-42)51-53-49(37-15-6-2-7-16-37)52-50(54-51)38-17-8-3-9-18-38/h1-33H. The average Bonchev–Trinajstić information content (AvgIpc) is 3.66. The number of hydrogen-bond donors (Lipinski definition) is 0. The summed E-state index contributed by atoms with van der Waals surface area (Å²) in [5, 5.41) is 2.15. The highest BCUT2D eigenvalue weighted by atomic mass is 16.3. The number of aromatic nitrogens is 3. The SMILES string of the molecule is c1ccc(-c2ccc(-c3cccc(-c4ccc5oc6cccc(-c7cccc(-c8nc(-c9ccccc9)nc(-c9ccccc9)n8)c7)c6c5c4)c3)cc2)cc1. The summed E-state index contributed by atoms with van der Waals surface area (Å²) in [6.07, 6.45) is 0. The van der Waals surface area contributed by atoms with Crippen molar-refractivity contribution in [2.45, 2.75) is 0 Å². The highest BCUT2D eigenvalue weighted by Crippen LogP contribution is 2.40. The number of hydrogen-bond acceptors (Lipinski definition) is 4. The molecule has 10 rings (SSSR count). The van der Waals surface area contributed by atoms with Crippen LogP contribution >= 0.6 is 0 Å². The van der Waals surface area contributed by atoms with Crippen LogP contribution in [0.2, 0.25) is 0 Å². The van der Waals surface area contributed by atoms with Gasteiger partial charge in [0, 0.05) is 27.5 Å². The normalized spacial score (nSPS) is 11.3. The maximum atomic E-state index is 6.46. The lowest BCUT2D eigenvalue weighted by molar-refractivity contribution is 0.669. The van der Waals surface area contributed by atoms with Gasteiger partial charge in [0.2, 0.25) is 0 Å². The molecule has 0 fully saturated rings. The smallest absolute Gasteiger partial charge is 0.164 e. The molecular weight excluding hydrogens is 671 g/mol. The highest BCUT2D eigenvalue weighted by Gasteiger charge is 2.17. The molecule has 55 heavy (non-hydrogen) atoms. The van der Waals surface area contributed by atoms with E-state index in [0.29, 0.717) is 17.5 Å². The maximum Gasteiger partial charge on any atom is 0.164 e. The van der Waals surface area contributed by atoms with E-state index >= 15 is 0 Å². The van der Waals surface area contributed by atoms with Crippen molar-refractivity contribution < 1.29 is 4.42 Å². The van der Waals surface area contributed by atoms with Gasteiger partial charge in [-0.05, 0) is 74.8 Å². The van der Waals surface area contributed by atoms with Crippen molar-refractivity contribution in [3.63, 3.8) is 0 Å². The Labute approximate surface area is 319 Å². The Hall–Kier alpha value is -7.43. The van der Waals surface area contributed by atoms with Gasteiger partial charge in [0.1, 0.15) is 11.2 Å². The van der Waals surface area contributed by atoms with Crippen molar-refractivity contribution in [3.05, 3.63) is 200 Å². The van der Waals surface area contributed by atoms with Crippen molar-refractivity contribution in [1.29, 1.82) is 0 Å². The van der Waals surface area contributed by atoms with Crippen molar-refractivity contribution >= 4 is 21.9 Å². The van der Waals surface area contributed by atoms with Gasteiger partial charge in [-0.1, -0.05) is 170 Å². The van der Waals surface area contributed by atoms with Gasteiger partial charge < -0.3 is 4.42 Å². The number of furan rings is 1. The van der Waals surface area contributed by atoms with E-state index in [4.69, 9.17) is 19.4 Å². The van der Waals surface area contributed by atoms with Crippen LogP contribution in [0.5, 0.6) is 0 Å². The van der Waals surface area contributed by atoms with Gasteiger partial charge in [-0.15, -0.1) is 0 Å². The lowest BCUT2D eigenvalue weighted by Gasteiger charge is -2.10. The fraction of sp³-hybridized carbons (Fsp3) is 0. The molecule has 0 unspecified atom stereocenters. The number of nitrogens with zero attached hydrogens (tertiary/aromatic N) is 3. The van der Waals surface area contributed by atoms with E-state index in [-0.39, 0.29) is 0 Å². The molecule has 0 N–H and O–H groups in total. The Morgan fingerprint density at radius 2 is 0.691 bits per heavy atom. The van der Waals surface area contributed by atoms with E-state index in [0.717, 1.165) is 60.9 Å². The van der Waals surface area contributed by atoms with E-state index in [1.54, 1.807) is 0 Å².